The zero-order valence-corrected chi connectivity index (χ0v) is 11.8. The van der Waals surface area contributed by atoms with Crippen molar-refractivity contribution >= 4 is 11.3 Å². The Bertz CT molecular complexity index is 301. The molecule has 0 fully saturated rings. The molecule has 98 valence electrons. The van der Waals surface area contributed by atoms with Crippen LogP contribution in [-0.4, -0.2) is 33.5 Å². The Morgan fingerprint density at radius 2 is 2.18 bits per heavy atom. The van der Waals surface area contributed by atoms with Crippen molar-refractivity contribution in [1.29, 1.82) is 0 Å². The minimum Gasteiger partial charge on any atom is -0.382 e. The van der Waals surface area contributed by atoms with Crippen LogP contribution in [0.2, 0.25) is 0 Å². The van der Waals surface area contributed by atoms with Gasteiger partial charge in [-0.25, -0.2) is 0 Å². The lowest BCUT2D eigenvalue weighted by atomic mass is 10.1. The molecule has 0 amide bonds. The molecule has 1 unspecified atom stereocenters. The summed E-state index contributed by atoms with van der Waals surface area (Å²) in [5.74, 6) is 0. The molecule has 0 saturated heterocycles. The first-order valence-corrected chi connectivity index (χ1v) is 7.01. The summed E-state index contributed by atoms with van der Waals surface area (Å²) in [6, 6.07) is 2.60. The van der Waals surface area contributed by atoms with Gasteiger partial charge in [0.2, 0.25) is 0 Å². The molecule has 1 atom stereocenters. The van der Waals surface area contributed by atoms with E-state index in [0.29, 0.717) is 19.3 Å². The molecular weight excluding hydrogens is 234 g/mol. The zero-order chi connectivity index (χ0) is 12.5. The quantitative estimate of drug-likeness (QED) is 0.690. The summed E-state index contributed by atoms with van der Waals surface area (Å²) in [5, 5.41) is 5.67. The number of thiophene rings is 1. The minimum absolute atomic E-state index is 0.419. The van der Waals surface area contributed by atoms with Crippen LogP contribution in [0.4, 0.5) is 0 Å². The second-order valence-corrected chi connectivity index (χ2v) is 4.92. The van der Waals surface area contributed by atoms with Gasteiger partial charge in [0.1, 0.15) is 0 Å². The third-order valence-electron chi connectivity index (χ3n) is 2.65. The van der Waals surface area contributed by atoms with Crippen molar-refractivity contribution in [2.75, 3.05) is 33.5 Å². The van der Waals surface area contributed by atoms with E-state index in [2.05, 4.69) is 30.6 Å². The Morgan fingerprint density at radius 3 is 2.76 bits per heavy atom. The molecule has 0 radical (unpaired) electrons. The molecular formula is C13H23NO2S. The number of nitrogens with one attached hydrogen (secondary N) is 1. The van der Waals surface area contributed by atoms with Crippen molar-refractivity contribution in [2.45, 2.75) is 26.3 Å². The number of rotatable bonds is 9. The lowest BCUT2D eigenvalue weighted by Gasteiger charge is -2.17. The van der Waals surface area contributed by atoms with Crippen molar-refractivity contribution in [2.24, 2.45) is 0 Å². The first-order chi connectivity index (χ1) is 8.29. The first kappa shape index (κ1) is 14.6. The highest BCUT2D eigenvalue weighted by atomic mass is 32.1. The molecule has 0 aliphatic carbocycles. The van der Waals surface area contributed by atoms with E-state index in [1.807, 2.05) is 11.3 Å². The fourth-order valence-corrected chi connectivity index (χ4v) is 2.80. The molecule has 17 heavy (non-hydrogen) atoms. The van der Waals surface area contributed by atoms with Crippen LogP contribution in [0.25, 0.3) is 0 Å². The number of methoxy groups -OCH3 is 1. The predicted octanol–water partition coefficient (Wildman–Crippen LogP) is 2.76. The average Bonchev–Trinajstić information content (AvgIpc) is 2.74. The van der Waals surface area contributed by atoms with Gasteiger partial charge in [-0.05, 0) is 36.9 Å². The standard InChI is InChI=1S/C13H23NO2S/c1-4-14-12(5-7-16-9-8-15-3)13-11(2)6-10-17-13/h6,10,12,14H,4-5,7-9H2,1-3H3. The summed E-state index contributed by atoms with van der Waals surface area (Å²) >= 11 is 1.82. The van der Waals surface area contributed by atoms with Crippen LogP contribution in [0, 0.1) is 6.92 Å². The van der Waals surface area contributed by atoms with Gasteiger partial charge in [0, 0.05) is 24.6 Å². The maximum Gasteiger partial charge on any atom is 0.0700 e. The Kier molecular flexibility index (Phi) is 7.44. The number of aryl methyl sites for hydroxylation is 1. The third-order valence-corrected chi connectivity index (χ3v) is 3.78. The largest absolute Gasteiger partial charge is 0.382 e. The summed E-state index contributed by atoms with van der Waals surface area (Å²) in [6.07, 6.45) is 1.01. The minimum atomic E-state index is 0.419. The SMILES string of the molecule is CCNC(CCOCCOC)c1sccc1C. The third kappa shape index (κ3) is 5.17. The summed E-state index contributed by atoms with van der Waals surface area (Å²) in [7, 11) is 1.69. The second kappa shape index (κ2) is 8.64. The molecule has 0 aliphatic rings. The van der Waals surface area contributed by atoms with Crippen LogP contribution in [-0.2, 0) is 9.47 Å². The molecule has 4 heteroatoms. The fraction of sp³-hybridized carbons (Fsp3) is 0.692. The molecule has 1 N–H and O–H groups in total. The van der Waals surface area contributed by atoms with Gasteiger partial charge in [-0.3, -0.25) is 0 Å². The van der Waals surface area contributed by atoms with Crippen molar-refractivity contribution in [1.82, 2.24) is 5.32 Å². The second-order valence-electron chi connectivity index (χ2n) is 3.97. The molecule has 1 rings (SSSR count). The lowest BCUT2D eigenvalue weighted by Crippen LogP contribution is -2.22. The van der Waals surface area contributed by atoms with Gasteiger partial charge in [-0.2, -0.15) is 0 Å². The Hall–Kier alpha value is -0.420. The van der Waals surface area contributed by atoms with Gasteiger partial charge in [-0.15, -0.1) is 11.3 Å². The molecule has 1 aromatic rings. The molecule has 0 bridgehead atoms. The molecule has 1 aromatic heterocycles. The van der Waals surface area contributed by atoms with Crippen LogP contribution in [0.5, 0.6) is 0 Å². The van der Waals surface area contributed by atoms with Crippen molar-refractivity contribution in [3.63, 3.8) is 0 Å². The van der Waals surface area contributed by atoms with Gasteiger partial charge >= 0.3 is 0 Å². The smallest absolute Gasteiger partial charge is 0.0700 e. The highest BCUT2D eigenvalue weighted by Gasteiger charge is 2.13. The summed E-state index contributed by atoms with van der Waals surface area (Å²) in [5.41, 5.74) is 1.37. The molecule has 1 heterocycles. The van der Waals surface area contributed by atoms with Crippen LogP contribution in [0.3, 0.4) is 0 Å². The first-order valence-electron chi connectivity index (χ1n) is 6.13. The van der Waals surface area contributed by atoms with Crippen molar-refractivity contribution in [3.05, 3.63) is 21.9 Å². The number of hydrogen-bond acceptors (Lipinski definition) is 4. The Morgan fingerprint density at radius 1 is 1.35 bits per heavy atom. The summed E-state index contributed by atoms with van der Waals surface area (Å²) in [4.78, 5) is 1.43. The topological polar surface area (TPSA) is 30.5 Å². The van der Waals surface area contributed by atoms with Crippen LogP contribution in [0.1, 0.15) is 29.8 Å². The Labute approximate surface area is 108 Å². The van der Waals surface area contributed by atoms with E-state index in [9.17, 15) is 0 Å². The van der Waals surface area contributed by atoms with Crippen molar-refractivity contribution in [3.8, 4) is 0 Å². The summed E-state index contributed by atoms with van der Waals surface area (Å²) in [6.45, 7) is 7.42. The van der Waals surface area contributed by atoms with E-state index in [4.69, 9.17) is 9.47 Å². The van der Waals surface area contributed by atoms with Crippen LogP contribution >= 0.6 is 11.3 Å². The molecule has 0 spiro atoms. The van der Waals surface area contributed by atoms with E-state index in [-0.39, 0.29) is 0 Å². The highest BCUT2D eigenvalue weighted by molar-refractivity contribution is 7.10. The Balaban J connectivity index is 2.36. The average molecular weight is 257 g/mol. The number of ether oxygens (including phenoxy) is 2. The molecule has 0 saturated carbocycles. The van der Waals surface area contributed by atoms with Gasteiger partial charge in [0.15, 0.2) is 0 Å². The van der Waals surface area contributed by atoms with Crippen molar-refractivity contribution < 1.29 is 9.47 Å². The molecule has 0 aliphatic heterocycles. The van der Waals surface area contributed by atoms with Gasteiger partial charge in [-0.1, -0.05) is 6.92 Å². The normalized spacial score (nSPS) is 12.9. The molecule has 0 aromatic carbocycles. The number of hydrogen-bond donors (Lipinski definition) is 1. The zero-order valence-electron chi connectivity index (χ0n) is 11.0. The van der Waals surface area contributed by atoms with Gasteiger partial charge in [0.25, 0.3) is 0 Å². The maximum absolute atomic E-state index is 5.53. The van der Waals surface area contributed by atoms with E-state index in [1.165, 1.54) is 10.4 Å². The van der Waals surface area contributed by atoms with Crippen LogP contribution in [0.15, 0.2) is 11.4 Å². The fourth-order valence-electron chi connectivity index (χ4n) is 1.76. The van der Waals surface area contributed by atoms with Crippen LogP contribution < -0.4 is 5.32 Å². The monoisotopic (exact) mass is 257 g/mol. The van der Waals surface area contributed by atoms with E-state index >= 15 is 0 Å². The van der Waals surface area contributed by atoms with E-state index < -0.39 is 0 Å². The van der Waals surface area contributed by atoms with Gasteiger partial charge < -0.3 is 14.8 Å². The summed E-state index contributed by atoms with van der Waals surface area (Å²) < 4.78 is 10.5. The molecule has 3 nitrogen and oxygen atoms in total. The van der Waals surface area contributed by atoms with E-state index in [1.54, 1.807) is 7.11 Å². The maximum atomic E-state index is 5.53. The highest BCUT2D eigenvalue weighted by Crippen LogP contribution is 2.26. The van der Waals surface area contributed by atoms with E-state index in [0.717, 1.165) is 19.6 Å². The predicted molar refractivity (Wildman–Crippen MR) is 72.8 cm³/mol. The lowest BCUT2D eigenvalue weighted by molar-refractivity contribution is 0.0659. The van der Waals surface area contributed by atoms with Gasteiger partial charge in [0.05, 0.1) is 13.2 Å².